The Bertz CT molecular complexity index is 1480. The number of hydrogen-bond donors (Lipinski definition) is 4. The summed E-state index contributed by atoms with van der Waals surface area (Å²) >= 11 is 0. The Morgan fingerprint density at radius 1 is 1.08 bits per heavy atom. The summed E-state index contributed by atoms with van der Waals surface area (Å²) in [6.07, 6.45) is 2.85. The summed E-state index contributed by atoms with van der Waals surface area (Å²) in [5.41, 5.74) is 4.21. The van der Waals surface area contributed by atoms with Crippen molar-refractivity contribution in [2.75, 3.05) is 36.2 Å². The van der Waals surface area contributed by atoms with E-state index in [9.17, 15) is 14.4 Å². The molecule has 0 bridgehead atoms. The van der Waals surface area contributed by atoms with Crippen molar-refractivity contribution < 1.29 is 19.1 Å². The zero-order valence-corrected chi connectivity index (χ0v) is 19.6. The van der Waals surface area contributed by atoms with Gasteiger partial charge in [-0.1, -0.05) is 6.07 Å². The molecular formula is C25H23N7O4. The normalized spacial score (nSPS) is 12.3. The maximum Gasteiger partial charge on any atom is 0.272 e. The number of carbonyl (C=O) groups is 3. The molecule has 0 fully saturated rings. The van der Waals surface area contributed by atoms with E-state index in [1.54, 1.807) is 36.5 Å². The van der Waals surface area contributed by atoms with E-state index in [1.807, 2.05) is 31.1 Å². The van der Waals surface area contributed by atoms with Crippen LogP contribution < -0.4 is 25.6 Å². The highest BCUT2D eigenvalue weighted by Gasteiger charge is 2.19. The highest BCUT2D eigenvalue weighted by molar-refractivity contribution is 6.11. The van der Waals surface area contributed by atoms with Crippen LogP contribution in [0.25, 0.3) is 11.0 Å². The fraction of sp³-hybridized carbons (Fsp3) is 0.160. The molecule has 5 rings (SSSR count). The summed E-state index contributed by atoms with van der Waals surface area (Å²) in [6, 6.07) is 12.5. The molecule has 3 heterocycles. The van der Waals surface area contributed by atoms with Gasteiger partial charge in [-0.05, 0) is 42.0 Å². The van der Waals surface area contributed by atoms with E-state index in [1.165, 1.54) is 6.33 Å². The van der Waals surface area contributed by atoms with Crippen molar-refractivity contribution in [2.24, 2.45) is 0 Å². The number of nitrogens with zero attached hydrogens (tertiary/aromatic N) is 3. The van der Waals surface area contributed by atoms with Gasteiger partial charge in [0.2, 0.25) is 0 Å². The zero-order valence-electron chi connectivity index (χ0n) is 19.6. The Balaban J connectivity index is 1.29. The standard InChI is InChI=1S/C25H23N7O4/c1-32(2)16-6-4-15(5-7-16)24(34)31-18-11-26-22-21(18)28-13-29-23(22)25(35)27-10-14-3-8-19-17(9-14)30-20(33)12-36-19/h3-9,11,13,26H,10,12H2,1-2H3,(H,27,35)(H,30,33)(H,31,34). The van der Waals surface area contributed by atoms with Crippen molar-refractivity contribution in [3.63, 3.8) is 0 Å². The van der Waals surface area contributed by atoms with Gasteiger partial charge in [0.1, 0.15) is 17.6 Å². The predicted octanol–water partition coefficient (Wildman–Crippen LogP) is 2.54. The van der Waals surface area contributed by atoms with Crippen LogP contribution in [0.4, 0.5) is 17.1 Å². The molecule has 0 radical (unpaired) electrons. The smallest absolute Gasteiger partial charge is 0.272 e. The molecule has 4 aromatic rings. The lowest BCUT2D eigenvalue weighted by atomic mass is 10.1. The summed E-state index contributed by atoms with van der Waals surface area (Å²) in [6.45, 7) is 0.189. The van der Waals surface area contributed by atoms with Crippen molar-refractivity contribution in [3.8, 4) is 5.75 Å². The van der Waals surface area contributed by atoms with E-state index < -0.39 is 5.91 Å². The molecular weight excluding hydrogens is 462 g/mol. The third-order valence-corrected chi connectivity index (χ3v) is 5.70. The fourth-order valence-electron chi connectivity index (χ4n) is 3.82. The molecule has 0 spiro atoms. The molecule has 2 aromatic heterocycles. The molecule has 0 unspecified atom stereocenters. The monoisotopic (exact) mass is 485 g/mol. The van der Waals surface area contributed by atoms with Gasteiger partial charge in [-0.25, -0.2) is 9.97 Å². The van der Waals surface area contributed by atoms with Gasteiger partial charge in [-0.15, -0.1) is 0 Å². The maximum absolute atomic E-state index is 12.9. The first-order chi connectivity index (χ1) is 17.4. The topological polar surface area (TPSA) is 141 Å². The largest absolute Gasteiger partial charge is 0.482 e. The van der Waals surface area contributed by atoms with E-state index in [0.717, 1.165) is 11.3 Å². The molecule has 1 aliphatic rings. The van der Waals surface area contributed by atoms with Gasteiger partial charge in [-0.2, -0.15) is 0 Å². The van der Waals surface area contributed by atoms with Crippen LogP contribution in [0.15, 0.2) is 55.0 Å². The lowest BCUT2D eigenvalue weighted by Gasteiger charge is -2.18. The second-order valence-corrected chi connectivity index (χ2v) is 8.39. The van der Waals surface area contributed by atoms with Crippen LogP contribution in [0, 0.1) is 0 Å². The number of aromatic amines is 1. The number of hydrogen-bond acceptors (Lipinski definition) is 7. The van der Waals surface area contributed by atoms with Crippen molar-refractivity contribution in [1.82, 2.24) is 20.3 Å². The number of anilines is 3. The first kappa shape index (κ1) is 22.8. The number of fused-ring (bicyclic) bond motifs is 2. The van der Waals surface area contributed by atoms with Crippen LogP contribution >= 0.6 is 0 Å². The fourth-order valence-corrected chi connectivity index (χ4v) is 3.82. The first-order valence-corrected chi connectivity index (χ1v) is 11.1. The highest BCUT2D eigenvalue weighted by atomic mass is 16.5. The molecule has 0 atom stereocenters. The van der Waals surface area contributed by atoms with Crippen molar-refractivity contribution >= 4 is 45.8 Å². The second kappa shape index (κ2) is 9.37. The Morgan fingerprint density at radius 3 is 2.67 bits per heavy atom. The van der Waals surface area contributed by atoms with Crippen LogP contribution in [0.5, 0.6) is 5.75 Å². The van der Waals surface area contributed by atoms with Crippen LogP contribution in [0.2, 0.25) is 0 Å². The van der Waals surface area contributed by atoms with Crippen LogP contribution in [-0.2, 0) is 11.3 Å². The van der Waals surface area contributed by atoms with E-state index in [0.29, 0.717) is 33.7 Å². The number of aromatic nitrogens is 3. The maximum atomic E-state index is 12.9. The van der Waals surface area contributed by atoms with Gasteiger partial charge in [-0.3, -0.25) is 14.4 Å². The van der Waals surface area contributed by atoms with Crippen LogP contribution in [-0.4, -0.2) is 53.4 Å². The number of nitrogens with one attached hydrogen (secondary N) is 4. The number of amides is 3. The zero-order chi connectivity index (χ0) is 25.2. The molecule has 182 valence electrons. The number of carbonyl (C=O) groups excluding carboxylic acids is 3. The highest BCUT2D eigenvalue weighted by Crippen LogP contribution is 2.28. The molecule has 0 saturated carbocycles. The average Bonchev–Trinajstić information content (AvgIpc) is 3.29. The van der Waals surface area contributed by atoms with Crippen molar-refractivity contribution in [2.45, 2.75) is 6.54 Å². The Hall–Kier alpha value is -4.93. The Morgan fingerprint density at radius 2 is 1.89 bits per heavy atom. The van der Waals surface area contributed by atoms with Gasteiger partial charge in [0.05, 0.1) is 16.9 Å². The summed E-state index contributed by atoms with van der Waals surface area (Å²) in [5, 5.41) is 8.40. The molecule has 36 heavy (non-hydrogen) atoms. The van der Waals surface area contributed by atoms with Gasteiger partial charge < -0.3 is 30.6 Å². The minimum atomic E-state index is -0.417. The molecule has 3 amide bonds. The average molecular weight is 486 g/mol. The van der Waals surface area contributed by atoms with E-state index in [4.69, 9.17) is 4.74 Å². The minimum absolute atomic E-state index is 0.0197. The molecule has 11 heteroatoms. The van der Waals surface area contributed by atoms with Crippen molar-refractivity contribution in [3.05, 3.63) is 71.8 Å². The lowest BCUT2D eigenvalue weighted by Crippen LogP contribution is -2.26. The number of rotatable bonds is 6. The van der Waals surface area contributed by atoms with Gasteiger partial charge in [0, 0.05) is 38.1 Å². The SMILES string of the molecule is CN(C)c1ccc(C(=O)Nc2c[nH]c3c(C(=O)NCc4ccc5c(c4)NC(=O)CO5)ncnc23)cc1. The Labute approximate surface area is 205 Å². The van der Waals surface area contributed by atoms with Crippen molar-refractivity contribution in [1.29, 1.82) is 0 Å². The van der Waals surface area contributed by atoms with Gasteiger partial charge >= 0.3 is 0 Å². The third kappa shape index (κ3) is 4.53. The summed E-state index contributed by atoms with van der Waals surface area (Å²) in [4.78, 5) is 50.5. The second-order valence-electron chi connectivity index (χ2n) is 8.39. The summed E-state index contributed by atoms with van der Waals surface area (Å²) in [5.74, 6) is -0.363. The number of ether oxygens (including phenoxy) is 1. The van der Waals surface area contributed by atoms with Crippen LogP contribution in [0.3, 0.4) is 0 Å². The molecule has 11 nitrogen and oxygen atoms in total. The number of H-pyrrole nitrogens is 1. The molecule has 4 N–H and O–H groups in total. The minimum Gasteiger partial charge on any atom is -0.482 e. The van der Waals surface area contributed by atoms with Gasteiger partial charge in [0.25, 0.3) is 17.7 Å². The lowest BCUT2D eigenvalue weighted by molar-refractivity contribution is -0.118. The van der Waals surface area contributed by atoms with Gasteiger partial charge in [0.15, 0.2) is 12.3 Å². The molecule has 1 aliphatic heterocycles. The van der Waals surface area contributed by atoms with Crippen LogP contribution in [0.1, 0.15) is 26.4 Å². The predicted molar refractivity (Wildman–Crippen MR) is 134 cm³/mol. The summed E-state index contributed by atoms with van der Waals surface area (Å²) < 4.78 is 5.35. The molecule has 0 aliphatic carbocycles. The van der Waals surface area contributed by atoms with E-state index in [2.05, 4.69) is 30.9 Å². The number of benzene rings is 2. The van der Waals surface area contributed by atoms with E-state index >= 15 is 0 Å². The third-order valence-electron chi connectivity index (χ3n) is 5.70. The quantitative estimate of drug-likeness (QED) is 0.329. The van der Waals surface area contributed by atoms with E-state index in [-0.39, 0.29) is 30.7 Å². The Kier molecular flexibility index (Phi) is 5.95. The first-order valence-electron chi connectivity index (χ1n) is 11.1. The molecule has 0 saturated heterocycles. The molecule has 2 aromatic carbocycles. The summed E-state index contributed by atoms with van der Waals surface area (Å²) in [7, 11) is 3.85.